The van der Waals surface area contributed by atoms with Gasteiger partial charge < -0.3 is 20.1 Å². The van der Waals surface area contributed by atoms with Crippen LogP contribution in [0.15, 0.2) is 4.79 Å². The number of aromatic nitrogens is 2. The molecule has 0 amide bonds. The molecule has 0 bridgehead atoms. The molecule has 0 radical (unpaired) electrons. The molecule has 3 rings (SSSR count). The second-order valence-corrected chi connectivity index (χ2v) is 7.16. The summed E-state index contributed by atoms with van der Waals surface area (Å²) in [5.74, 6) is -1.18. The first-order valence-corrected chi connectivity index (χ1v) is 8.85. The minimum Gasteiger partial charge on any atom is -0.481 e. The summed E-state index contributed by atoms with van der Waals surface area (Å²) in [5, 5.41) is 28.7. The first-order valence-electron chi connectivity index (χ1n) is 8.03. The number of aliphatic hydroxyl groups excluding tert-OH is 2. The maximum Gasteiger partial charge on any atom is 0.311 e. The Balaban J connectivity index is 2.20. The fourth-order valence-electron chi connectivity index (χ4n) is 3.25. The van der Waals surface area contributed by atoms with Crippen LogP contribution in [-0.2, 0) is 28.9 Å². The molecule has 136 valence electrons. The molecular weight excluding hydrogens is 348 g/mol. The number of hydrogen-bond acceptors (Lipinski definition) is 7. The third kappa shape index (κ3) is 3.20. The van der Waals surface area contributed by atoms with Crippen molar-refractivity contribution >= 4 is 27.5 Å². The fourth-order valence-corrected chi connectivity index (χ4v) is 4.51. The van der Waals surface area contributed by atoms with E-state index in [1.807, 2.05) is 0 Å². The summed E-state index contributed by atoms with van der Waals surface area (Å²) in [4.78, 5) is 30.5. The predicted octanol–water partition coefficient (Wildman–Crippen LogP) is 0.114. The summed E-state index contributed by atoms with van der Waals surface area (Å²) >= 11 is 1.36. The van der Waals surface area contributed by atoms with Gasteiger partial charge in [-0.1, -0.05) is 0 Å². The number of carboxylic acid groups (broad SMARTS) is 1. The van der Waals surface area contributed by atoms with Gasteiger partial charge >= 0.3 is 5.97 Å². The van der Waals surface area contributed by atoms with Crippen LogP contribution in [0.25, 0.3) is 10.2 Å². The van der Waals surface area contributed by atoms with Crippen molar-refractivity contribution in [1.82, 2.24) is 9.55 Å². The molecule has 0 fully saturated rings. The van der Waals surface area contributed by atoms with Gasteiger partial charge in [0, 0.05) is 18.4 Å². The SMILES string of the molecule is COCCc1nc2sc3c(c2c(=O)n1CC(O)CO)C(C(=O)O)CC3. The molecule has 0 saturated carbocycles. The normalized spacial score (nSPS) is 17.8. The van der Waals surface area contributed by atoms with Crippen molar-refractivity contribution in [3.63, 3.8) is 0 Å². The molecule has 0 saturated heterocycles. The van der Waals surface area contributed by atoms with E-state index in [1.165, 1.54) is 15.9 Å². The first kappa shape index (κ1) is 18.0. The second kappa shape index (κ2) is 7.20. The molecule has 2 aromatic rings. The van der Waals surface area contributed by atoms with E-state index in [2.05, 4.69) is 4.98 Å². The lowest BCUT2D eigenvalue weighted by Gasteiger charge is -2.15. The highest BCUT2D eigenvalue weighted by molar-refractivity contribution is 7.18. The third-order valence-corrected chi connectivity index (χ3v) is 5.60. The van der Waals surface area contributed by atoms with Gasteiger partial charge in [-0.25, -0.2) is 4.98 Å². The number of carboxylic acids is 1. The maximum atomic E-state index is 13.1. The van der Waals surface area contributed by atoms with Gasteiger partial charge in [0.2, 0.25) is 0 Å². The zero-order valence-corrected chi connectivity index (χ0v) is 14.6. The number of carbonyl (C=O) groups is 1. The minimum absolute atomic E-state index is 0.0975. The molecule has 0 aliphatic heterocycles. The van der Waals surface area contributed by atoms with E-state index in [0.29, 0.717) is 47.5 Å². The highest BCUT2D eigenvalue weighted by Gasteiger charge is 2.34. The van der Waals surface area contributed by atoms with Gasteiger partial charge in [0.15, 0.2) is 0 Å². The van der Waals surface area contributed by atoms with Crippen molar-refractivity contribution in [2.75, 3.05) is 20.3 Å². The Labute approximate surface area is 147 Å². The lowest BCUT2D eigenvalue weighted by molar-refractivity contribution is -0.138. The van der Waals surface area contributed by atoms with Crippen LogP contribution in [0, 0.1) is 0 Å². The van der Waals surface area contributed by atoms with Gasteiger partial charge in [-0.15, -0.1) is 11.3 Å². The van der Waals surface area contributed by atoms with Crippen molar-refractivity contribution in [1.29, 1.82) is 0 Å². The Morgan fingerprint density at radius 1 is 1.52 bits per heavy atom. The van der Waals surface area contributed by atoms with Gasteiger partial charge in [-0.2, -0.15) is 0 Å². The van der Waals surface area contributed by atoms with Gasteiger partial charge in [0.05, 0.1) is 37.2 Å². The number of aliphatic carboxylic acids is 1. The predicted molar refractivity (Wildman–Crippen MR) is 91.3 cm³/mol. The number of rotatable bonds is 7. The number of aliphatic hydroxyl groups is 2. The Morgan fingerprint density at radius 2 is 2.28 bits per heavy atom. The van der Waals surface area contributed by atoms with Gasteiger partial charge in [-0.3, -0.25) is 14.2 Å². The summed E-state index contributed by atoms with van der Waals surface area (Å²) in [5.41, 5.74) is 0.199. The number of methoxy groups -OCH3 is 1. The Hall–Kier alpha value is -1.81. The molecule has 3 N–H and O–H groups in total. The van der Waals surface area contributed by atoms with Crippen LogP contribution in [0.2, 0.25) is 0 Å². The summed E-state index contributed by atoms with van der Waals surface area (Å²) < 4.78 is 6.38. The molecule has 0 spiro atoms. The highest BCUT2D eigenvalue weighted by atomic mass is 32.1. The zero-order chi connectivity index (χ0) is 18.1. The largest absolute Gasteiger partial charge is 0.481 e. The van der Waals surface area contributed by atoms with Crippen molar-refractivity contribution < 1.29 is 24.9 Å². The van der Waals surface area contributed by atoms with Crippen molar-refractivity contribution in [2.24, 2.45) is 0 Å². The van der Waals surface area contributed by atoms with E-state index in [-0.39, 0.29) is 12.1 Å². The number of hydrogen-bond donors (Lipinski definition) is 3. The molecule has 2 atom stereocenters. The average Bonchev–Trinajstić information content (AvgIpc) is 3.13. The maximum absolute atomic E-state index is 13.1. The Bertz CT molecular complexity index is 858. The Morgan fingerprint density at radius 3 is 2.92 bits per heavy atom. The Kier molecular flexibility index (Phi) is 5.19. The number of fused-ring (bicyclic) bond motifs is 3. The minimum atomic E-state index is -1.10. The van der Waals surface area contributed by atoms with Gasteiger partial charge in [0.1, 0.15) is 10.7 Å². The molecule has 25 heavy (non-hydrogen) atoms. The quantitative estimate of drug-likeness (QED) is 0.634. The molecule has 1 aliphatic carbocycles. The zero-order valence-electron chi connectivity index (χ0n) is 13.8. The van der Waals surface area contributed by atoms with E-state index >= 15 is 0 Å². The van der Waals surface area contributed by atoms with E-state index in [4.69, 9.17) is 9.84 Å². The van der Waals surface area contributed by atoms with Crippen LogP contribution >= 0.6 is 11.3 Å². The standard InChI is InChI=1S/C16H20N2O6S/c1-24-5-4-11-17-14-13(15(21)18(11)6-8(20)7-19)12-9(16(22)23)2-3-10(12)25-14/h8-9,19-20H,2-7H2,1H3,(H,22,23). The molecule has 2 heterocycles. The van der Waals surface area contributed by atoms with Crippen LogP contribution in [0.3, 0.4) is 0 Å². The van der Waals surface area contributed by atoms with Gasteiger partial charge in [0.25, 0.3) is 5.56 Å². The number of nitrogens with zero attached hydrogens (tertiary/aromatic N) is 2. The van der Waals surface area contributed by atoms with E-state index < -0.39 is 24.6 Å². The van der Waals surface area contributed by atoms with Crippen LogP contribution in [-0.4, -0.2) is 57.3 Å². The highest BCUT2D eigenvalue weighted by Crippen LogP contribution is 2.42. The number of thiophene rings is 1. The fraction of sp³-hybridized carbons (Fsp3) is 0.562. The molecule has 1 aliphatic rings. The monoisotopic (exact) mass is 368 g/mol. The summed E-state index contributed by atoms with van der Waals surface area (Å²) in [6, 6.07) is 0. The van der Waals surface area contributed by atoms with Crippen LogP contribution < -0.4 is 5.56 Å². The third-order valence-electron chi connectivity index (χ3n) is 4.45. The van der Waals surface area contributed by atoms with Crippen molar-refractivity contribution in [2.45, 2.75) is 37.8 Å². The topological polar surface area (TPSA) is 122 Å². The molecule has 2 unspecified atom stereocenters. The van der Waals surface area contributed by atoms with Crippen LogP contribution in [0.1, 0.15) is 28.6 Å². The van der Waals surface area contributed by atoms with E-state index in [0.717, 1.165) is 4.88 Å². The van der Waals surface area contributed by atoms with Crippen molar-refractivity contribution in [3.8, 4) is 0 Å². The molecular formula is C16H20N2O6S. The molecule has 2 aromatic heterocycles. The average molecular weight is 368 g/mol. The second-order valence-electron chi connectivity index (χ2n) is 6.07. The number of aryl methyl sites for hydroxylation is 1. The van der Waals surface area contributed by atoms with Crippen LogP contribution in [0.4, 0.5) is 0 Å². The van der Waals surface area contributed by atoms with Crippen molar-refractivity contribution in [3.05, 3.63) is 26.6 Å². The molecule has 0 aromatic carbocycles. The molecule has 9 heteroatoms. The first-order chi connectivity index (χ1) is 12.0. The van der Waals surface area contributed by atoms with E-state index in [1.54, 1.807) is 7.11 Å². The van der Waals surface area contributed by atoms with E-state index in [9.17, 15) is 19.8 Å². The van der Waals surface area contributed by atoms with Crippen LogP contribution in [0.5, 0.6) is 0 Å². The lowest BCUT2D eigenvalue weighted by atomic mass is 10.0. The summed E-state index contributed by atoms with van der Waals surface area (Å²) in [6.07, 6.45) is 0.390. The summed E-state index contributed by atoms with van der Waals surface area (Å²) in [6.45, 7) is -0.219. The number of ether oxygens (including phenoxy) is 1. The smallest absolute Gasteiger partial charge is 0.311 e. The lowest BCUT2D eigenvalue weighted by Crippen LogP contribution is -2.32. The summed E-state index contributed by atoms with van der Waals surface area (Å²) in [7, 11) is 1.54. The molecule has 8 nitrogen and oxygen atoms in total. The van der Waals surface area contributed by atoms with Gasteiger partial charge in [-0.05, 0) is 18.4 Å².